The first-order chi connectivity index (χ1) is 13.7. The van der Waals surface area contributed by atoms with Gasteiger partial charge < -0.3 is 15.5 Å². The minimum Gasteiger partial charge on any atom is -0.369 e. The van der Waals surface area contributed by atoms with Crippen molar-refractivity contribution in [2.45, 2.75) is 38.4 Å². The normalized spacial score (nSPS) is 20.7. The molecule has 29 heavy (non-hydrogen) atoms. The van der Waals surface area contributed by atoms with Crippen molar-refractivity contribution >= 4 is 47.0 Å². The summed E-state index contributed by atoms with van der Waals surface area (Å²) in [5.41, 5.74) is 2.82. The number of para-hydroxylation sites is 1. The van der Waals surface area contributed by atoms with Crippen molar-refractivity contribution < 1.29 is 0 Å². The van der Waals surface area contributed by atoms with Gasteiger partial charge >= 0.3 is 0 Å². The zero-order valence-electron chi connectivity index (χ0n) is 17.3. The van der Waals surface area contributed by atoms with Crippen LogP contribution >= 0.6 is 35.3 Å². The highest BCUT2D eigenvalue weighted by molar-refractivity contribution is 14.0. The number of hydrogen-bond acceptors (Lipinski definition) is 4. The Morgan fingerprint density at radius 1 is 1.24 bits per heavy atom. The van der Waals surface area contributed by atoms with E-state index in [1.54, 1.807) is 4.88 Å². The third-order valence-electron chi connectivity index (χ3n) is 5.90. The van der Waals surface area contributed by atoms with Crippen LogP contribution in [-0.4, -0.2) is 56.2 Å². The molecule has 0 saturated carbocycles. The molecule has 158 valence electrons. The molecule has 2 unspecified atom stereocenters. The van der Waals surface area contributed by atoms with E-state index in [1.807, 2.05) is 18.4 Å². The summed E-state index contributed by atoms with van der Waals surface area (Å²) < 4.78 is 0. The van der Waals surface area contributed by atoms with Crippen LogP contribution in [0.25, 0.3) is 0 Å². The van der Waals surface area contributed by atoms with Gasteiger partial charge in [0.05, 0.1) is 0 Å². The zero-order chi connectivity index (χ0) is 19.3. The van der Waals surface area contributed by atoms with Crippen LogP contribution in [0.3, 0.4) is 0 Å². The van der Waals surface area contributed by atoms with Crippen LogP contribution in [-0.2, 0) is 13.0 Å². The van der Waals surface area contributed by atoms with Gasteiger partial charge in [-0.3, -0.25) is 9.89 Å². The molecule has 0 amide bonds. The molecule has 3 heterocycles. The average molecular weight is 526 g/mol. The summed E-state index contributed by atoms with van der Waals surface area (Å²) >= 11 is 1.90. The molecular formula is C22H32IN5S. The molecule has 0 radical (unpaired) electrons. The SMILES string of the molecule is CN=C(NCC(C)N1CCc2sccc2C1)NC1CCN(c2ccccc2)C1.I. The molecule has 2 aromatic rings. The van der Waals surface area contributed by atoms with Gasteiger partial charge in [-0.25, -0.2) is 0 Å². The Morgan fingerprint density at radius 3 is 2.86 bits per heavy atom. The Hall–Kier alpha value is -1.32. The van der Waals surface area contributed by atoms with Crippen LogP contribution in [0.15, 0.2) is 46.8 Å². The van der Waals surface area contributed by atoms with Gasteiger partial charge in [0, 0.05) is 62.4 Å². The van der Waals surface area contributed by atoms with Gasteiger partial charge in [0.15, 0.2) is 5.96 Å². The number of rotatable bonds is 5. The van der Waals surface area contributed by atoms with Crippen molar-refractivity contribution in [3.05, 3.63) is 52.2 Å². The number of fused-ring (bicyclic) bond motifs is 1. The topological polar surface area (TPSA) is 42.9 Å². The molecule has 0 bridgehead atoms. The zero-order valence-corrected chi connectivity index (χ0v) is 20.5. The highest BCUT2D eigenvalue weighted by atomic mass is 127. The molecule has 7 heteroatoms. The van der Waals surface area contributed by atoms with Gasteiger partial charge in [0.2, 0.25) is 0 Å². The fraction of sp³-hybridized carbons (Fsp3) is 0.500. The van der Waals surface area contributed by atoms with Gasteiger partial charge in [-0.15, -0.1) is 35.3 Å². The number of halogens is 1. The smallest absolute Gasteiger partial charge is 0.191 e. The Kier molecular flexibility index (Phi) is 8.20. The molecule has 2 aliphatic heterocycles. The van der Waals surface area contributed by atoms with Crippen LogP contribution in [0.5, 0.6) is 0 Å². The maximum Gasteiger partial charge on any atom is 0.191 e. The molecule has 2 N–H and O–H groups in total. The van der Waals surface area contributed by atoms with E-state index in [4.69, 9.17) is 0 Å². The lowest BCUT2D eigenvalue weighted by Crippen LogP contribution is -2.49. The molecule has 0 aliphatic carbocycles. The van der Waals surface area contributed by atoms with Gasteiger partial charge in [0.1, 0.15) is 0 Å². The van der Waals surface area contributed by atoms with Crippen LogP contribution in [0, 0.1) is 0 Å². The lowest BCUT2D eigenvalue weighted by atomic mass is 10.1. The van der Waals surface area contributed by atoms with Crippen molar-refractivity contribution in [2.75, 3.05) is 38.1 Å². The fourth-order valence-electron chi connectivity index (χ4n) is 4.16. The first kappa shape index (κ1) is 22.4. The summed E-state index contributed by atoms with van der Waals surface area (Å²) in [5.74, 6) is 0.917. The molecular weight excluding hydrogens is 493 g/mol. The maximum absolute atomic E-state index is 4.45. The maximum atomic E-state index is 4.45. The van der Waals surface area contributed by atoms with Crippen LogP contribution in [0.1, 0.15) is 23.8 Å². The van der Waals surface area contributed by atoms with Gasteiger partial charge in [-0.05, 0) is 48.9 Å². The first-order valence-electron chi connectivity index (χ1n) is 10.3. The summed E-state index contributed by atoms with van der Waals surface area (Å²) in [4.78, 5) is 11.0. The van der Waals surface area contributed by atoms with E-state index in [2.05, 4.69) is 74.1 Å². The molecule has 4 rings (SSSR count). The van der Waals surface area contributed by atoms with E-state index in [9.17, 15) is 0 Å². The van der Waals surface area contributed by atoms with Crippen LogP contribution in [0.2, 0.25) is 0 Å². The monoisotopic (exact) mass is 525 g/mol. The van der Waals surface area contributed by atoms with E-state index in [0.29, 0.717) is 12.1 Å². The summed E-state index contributed by atoms with van der Waals surface area (Å²) in [6.45, 7) is 7.55. The number of guanidine groups is 1. The second-order valence-corrected chi connectivity index (χ2v) is 8.80. The molecule has 1 fully saturated rings. The minimum absolute atomic E-state index is 0. The first-order valence-corrected chi connectivity index (χ1v) is 11.2. The standard InChI is InChI=1S/C22H31N5S.HI/c1-17(26-12-9-21-18(15-26)10-13-28-21)14-24-22(23-2)25-19-8-11-27(16-19)20-6-4-3-5-7-20;/h3-7,10,13,17,19H,8-9,11-12,14-16H2,1-2H3,(H2,23,24,25);1H. The van der Waals surface area contributed by atoms with Crippen LogP contribution < -0.4 is 15.5 Å². The van der Waals surface area contributed by atoms with E-state index >= 15 is 0 Å². The lowest BCUT2D eigenvalue weighted by molar-refractivity contribution is 0.192. The number of nitrogens with zero attached hydrogens (tertiary/aromatic N) is 3. The largest absolute Gasteiger partial charge is 0.369 e. The van der Waals surface area contributed by atoms with Crippen molar-refractivity contribution in [3.63, 3.8) is 0 Å². The van der Waals surface area contributed by atoms with E-state index < -0.39 is 0 Å². The van der Waals surface area contributed by atoms with Crippen LogP contribution in [0.4, 0.5) is 5.69 Å². The second-order valence-electron chi connectivity index (χ2n) is 7.80. The number of benzene rings is 1. The summed E-state index contributed by atoms with van der Waals surface area (Å²) in [6, 6.07) is 13.9. The number of anilines is 1. The number of nitrogens with one attached hydrogen (secondary N) is 2. The van der Waals surface area contributed by atoms with Crippen molar-refractivity contribution in [3.8, 4) is 0 Å². The number of thiophene rings is 1. The lowest BCUT2D eigenvalue weighted by Gasteiger charge is -2.33. The van der Waals surface area contributed by atoms with Gasteiger partial charge in [0.25, 0.3) is 0 Å². The van der Waals surface area contributed by atoms with E-state index in [0.717, 1.165) is 45.1 Å². The predicted octanol–water partition coefficient (Wildman–Crippen LogP) is 3.56. The molecule has 5 nitrogen and oxygen atoms in total. The van der Waals surface area contributed by atoms with E-state index in [1.165, 1.54) is 17.7 Å². The second kappa shape index (κ2) is 10.6. The van der Waals surface area contributed by atoms with Crippen molar-refractivity contribution in [2.24, 2.45) is 4.99 Å². The predicted molar refractivity (Wildman–Crippen MR) is 135 cm³/mol. The minimum atomic E-state index is 0. The molecule has 2 atom stereocenters. The molecule has 1 aromatic carbocycles. The Labute approximate surface area is 195 Å². The highest BCUT2D eigenvalue weighted by Gasteiger charge is 2.24. The van der Waals surface area contributed by atoms with E-state index in [-0.39, 0.29) is 24.0 Å². The van der Waals surface area contributed by atoms with Crippen molar-refractivity contribution in [1.29, 1.82) is 0 Å². The summed E-state index contributed by atoms with van der Waals surface area (Å²) in [5, 5.41) is 9.39. The molecule has 2 aliphatic rings. The fourth-order valence-corrected chi connectivity index (χ4v) is 5.05. The third kappa shape index (κ3) is 5.64. The Morgan fingerprint density at radius 2 is 2.07 bits per heavy atom. The molecule has 1 aromatic heterocycles. The van der Waals surface area contributed by atoms with Crippen molar-refractivity contribution in [1.82, 2.24) is 15.5 Å². The van der Waals surface area contributed by atoms with Gasteiger partial charge in [-0.2, -0.15) is 0 Å². The third-order valence-corrected chi connectivity index (χ3v) is 6.92. The Balaban J connectivity index is 0.00000240. The molecule has 1 saturated heterocycles. The molecule has 0 spiro atoms. The number of hydrogen-bond donors (Lipinski definition) is 2. The quantitative estimate of drug-likeness (QED) is 0.356. The average Bonchev–Trinajstić information content (AvgIpc) is 3.40. The summed E-state index contributed by atoms with van der Waals surface area (Å²) in [6.07, 6.45) is 2.32. The summed E-state index contributed by atoms with van der Waals surface area (Å²) in [7, 11) is 1.86. The number of aliphatic imine (C=N–C) groups is 1. The van der Waals surface area contributed by atoms with Gasteiger partial charge in [-0.1, -0.05) is 18.2 Å². The highest BCUT2D eigenvalue weighted by Crippen LogP contribution is 2.25. The Bertz CT molecular complexity index is 794.